The molecule has 0 amide bonds. The van der Waals surface area contributed by atoms with Crippen molar-refractivity contribution in [2.75, 3.05) is 13.2 Å². The first-order valence-electron chi connectivity index (χ1n) is 6.12. The molecule has 0 aromatic rings. The molecule has 3 atom stereocenters. The summed E-state index contributed by atoms with van der Waals surface area (Å²) in [5, 5.41) is 3.62. The summed E-state index contributed by atoms with van der Waals surface area (Å²) in [5.74, 6) is 0.670. The lowest BCUT2D eigenvalue weighted by molar-refractivity contribution is 0.117. The van der Waals surface area contributed by atoms with Gasteiger partial charge in [-0.1, -0.05) is 12.5 Å². The van der Waals surface area contributed by atoms with Crippen molar-refractivity contribution in [3.8, 4) is 0 Å². The van der Waals surface area contributed by atoms with Gasteiger partial charge in [0.05, 0.1) is 12.7 Å². The molecule has 2 nitrogen and oxygen atoms in total. The highest BCUT2D eigenvalue weighted by atomic mass is 16.5. The van der Waals surface area contributed by atoms with Gasteiger partial charge in [-0.25, -0.2) is 0 Å². The van der Waals surface area contributed by atoms with Gasteiger partial charge in [0.25, 0.3) is 0 Å². The van der Waals surface area contributed by atoms with Gasteiger partial charge in [0.15, 0.2) is 0 Å². The maximum atomic E-state index is 5.64. The van der Waals surface area contributed by atoms with E-state index < -0.39 is 0 Å². The van der Waals surface area contributed by atoms with Crippen LogP contribution in [0.25, 0.3) is 0 Å². The summed E-state index contributed by atoms with van der Waals surface area (Å²) in [5.41, 5.74) is 1.27. The van der Waals surface area contributed by atoms with Crippen LogP contribution < -0.4 is 5.32 Å². The molecule has 0 aromatic carbocycles. The van der Waals surface area contributed by atoms with Crippen LogP contribution in [0.2, 0.25) is 0 Å². The lowest BCUT2D eigenvalue weighted by Gasteiger charge is -2.24. The number of ether oxygens (including phenoxy) is 1. The first-order valence-corrected chi connectivity index (χ1v) is 6.12. The Morgan fingerprint density at radius 2 is 2.33 bits per heavy atom. The molecule has 0 saturated carbocycles. The lowest BCUT2D eigenvalue weighted by atomic mass is 9.92. The normalized spacial score (nSPS) is 27.9. The van der Waals surface area contributed by atoms with Crippen molar-refractivity contribution in [1.82, 2.24) is 5.32 Å². The van der Waals surface area contributed by atoms with E-state index in [9.17, 15) is 0 Å². The zero-order chi connectivity index (χ0) is 11.3. The van der Waals surface area contributed by atoms with E-state index in [0.717, 1.165) is 19.6 Å². The predicted octanol–water partition coefficient (Wildman–Crippen LogP) is 2.75. The van der Waals surface area contributed by atoms with Crippen LogP contribution in [0, 0.1) is 5.92 Å². The molecule has 1 fully saturated rings. The van der Waals surface area contributed by atoms with E-state index in [1.165, 1.54) is 18.4 Å². The maximum Gasteiger partial charge on any atom is 0.0551 e. The van der Waals surface area contributed by atoms with E-state index >= 15 is 0 Å². The average Bonchev–Trinajstić information content (AvgIpc) is 2.58. The molecular weight excluding hydrogens is 186 g/mol. The van der Waals surface area contributed by atoms with Crippen molar-refractivity contribution in [1.29, 1.82) is 0 Å². The molecule has 1 saturated heterocycles. The second-order valence-corrected chi connectivity index (χ2v) is 4.86. The number of nitrogens with one attached hydrogen (secondary N) is 1. The third kappa shape index (κ3) is 4.35. The van der Waals surface area contributed by atoms with Crippen LogP contribution in [0.3, 0.4) is 0 Å². The fraction of sp³-hybridized carbons (Fsp3) is 0.846. The zero-order valence-corrected chi connectivity index (χ0v) is 10.4. The van der Waals surface area contributed by atoms with Gasteiger partial charge < -0.3 is 10.1 Å². The van der Waals surface area contributed by atoms with Crippen LogP contribution in [-0.2, 0) is 4.74 Å². The van der Waals surface area contributed by atoms with Crippen molar-refractivity contribution < 1.29 is 4.74 Å². The van der Waals surface area contributed by atoms with Gasteiger partial charge in [0.1, 0.15) is 0 Å². The minimum Gasteiger partial charge on any atom is -0.378 e. The fourth-order valence-electron chi connectivity index (χ4n) is 2.24. The van der Waals surface area contributed by atoms with Crippen molar-refractivity contribution in [2.24, 2.45) is 5.92 Å². The van der Waals surface area contributed by atoms with E-state index in [-0.39, 0.29) is 0 Å². The highest BCUT2D eigenvalue weighted by Gasteiger charge is 2.28. The molecule has 2 heteroatoms. The summed E-state index contributed by atoms with van der Waals surface area (Å²) in [7, 11) is 0. The van der Waals surface area contributed by atoms with E-state index in [2.05, 4.69) is 32.7 Å². The summed E-state index contributed by atoms with van der Waals surface area (Å²) in [4.78, 5) is 0. The Balaban J connectivity index is 2.43. The molecule has 0 bridgehead atoms. The van der Waals surface area contributed by atoms with Crippen molar-refractivity contribution in [3.05, 3.63) is 12.2 Å². The van der Waals surface area contributed by atoms with Gasteiger partial charge >= 0.3 is 0 Å². The van der Waals surface area contributed by atoms with Crippen LogP contribution in [0.1, 0.15) is 40.0 Å². The highest BCUT2D eigenvalue weighted by Crippen LogP contribution is 2.25. The van der Waals surface area contributed by atoms with Gasteiger partial charge in [0, 0.05) is 12.0 Å². The molecule has 1 aliphatic rings. The number of hydrogen-bond acceptors (Lipinski definition) is 2. The first kappa shape index (κ1) is 12.7. The van der Waals surface area contributed by atoms with Crippen LogP contribution in [0.15, 0.2) is 12.2 Å². The molecule has 1 rings (SSSR count). The Morgan fingerprint density at radius 3 is 2.80 bits per heavy atom. The second kappa shape index (κ2) is 6.29. The minimum atomic E-state index is 0.436. The molecule has 0 radical (unpaired) electrons. The summed E-state index contributed by atoms with van der Waals surface area (Å²) in [6, 6.07) is 0.562. The molecule has 3 unspecified atom stereocenters. The third-order valence-electron chi connectivity index (χ3n) is 3.02. The summed E-state index contributed by atoms with van der Waals surface area (Å²) in [6.45, 7) is 12.5. The molecule has 1 aliphatic heterocycles. The maximum absolute atomic E-state index is 5.64. The fourth-order valence-corrected chi connectivity index (χ4v) is 2.24. The lowest BCUT2D eigenvalue weighted by Crippen LogP contribution is -2.37. The van der Waals surface area contributed by atoms with E-state index in [1.54, 1.807) is 0 Å². The minimum absolute atomic E-state index is 0.436. The summed E-state index contributed by atoms with van der Waals surface area (Å²) < 4.78 is 5.64. The quantitative estimate of drug-likeness (QED) is 0.682. The van der Waals surface area contributed by atoms with Gasteiger partial charge in [0.2, 0.25) is 0 Å². The van der Waals surface area contributed by atoms with Gasteiger partial charge in [-0.2, -0.15) is 0 Å². The monoisotopic (exact) mass is 211 g/mol. The third-order valence-corrected chi connectivity index (χ3v) is 3.02. The number of hydrogen-bond donors (Lipinski definition) is 1. The van der Waals surface area contributed by atoms with E-state index in [4.69, 9.17) is 4.74 Å². The second-order valence-electron chi connectivity index (χ2n) is 4.86. The zero-order valence-electron chi connectivity index (χ0n) is 10.4. The topological polar surface area (TPSA) is 21.3 Å². The van der Waals surface area contributed by atoms with Crippen LogP contribution in [0.5, 0.6) is 0 Å². The van der Waals surface area contributed by atoms with Crippen LogP contribution >= 0.6 is 0 Å². The molecule has 88 valence electrons. The van der Waals surface area contributed by atoms with Gasteiger partial charge in [-0.3, -0.25) is 0 Å². The van der Waals surface area contributed by atoms with Gasteiger partial charge in [-0.05, 0) is 39.7 Å². The molecule has 0 spiro atoms. The standard InChI is InChI=1S/C13H25NO/c1-5-6-14-13(7-10(2)3)12-8-11(4)15-9-12/h11-14H,2,5-9H2,1,3-4H3. The SMILES string of the molecule is C=C(C)CC(NCCC)C1COC(C)C1. The molecule has 0 aliphatic carbocycles. The van der Waals surface area contributed by atoms with Crippen LogP contribution in [0.4, 0.5) is 0 Å². The van der Waals surface area contributed by atoms with Crippen molar-refractivity contribution >= 4 is 0 Å². The van der Waals surface area contributed by atoms with Gasteiger partial charge in [-0.15, -0.1) is 6.58 Å². The Morgan fingerprint density at radius 1 is 1.60 bits per heavy atom. The number of rotatable bonds is 6. The molecule has 0 aromatic heterocycles. The largest absolute Gasteiger partial charge is 0.378 e. The van der Waals surface area contributed by atoms with E-state index in [1.807, 2.05) is 0 Å². The Bertz CT molecular complexity index is 203. The Labute approximate surface area is 94.1 Å². The molecule has 1 N–H and O–H groups in total. The predicted molar refractivity (Wildman–Crippen MR) is 65.0 cm³/mol. The molecular formula is C13H25NO. The smallest absolute Gasteiger partial charge is 0.0551 e. The Kier molecular flexibility index (Phi) is 5.34. The average molecular weight is 211 g/mol. The Hall–Kier alpha value is -0.340. The summed E-state index contributed by atoms with van der Waals surface area (Å²) in [6.07, 6.45) is 3.90. The molecule has 1 heterocycles. The summed E-state index contributed by atoms with van der Waals surface area (Å²) >= 11 is 0. The van der Waals surface area contributed by atoms with Crippen LogP contribution in [-0.4, -0.2) is 25.3 Å². The van der Waals surface area contributed by atoms with Crippen molar-refractivity contribution in [2.45, 2.75) is 52.2 Å². The van der Waals surface area contributed by atoms with Crippen molar-refractivity contribution in [3.63, 3.8) is 0 Å². The first-order chi connectivity index (χ1) is 7.13. The van der Waals surface area contributed by atoms with E-state index in [0.29, 0.717) is 18.1 Å². The highest BCUT2D eigenvalue weighted by molar-refractivity contribution is 4.96. The molecule has 15 heavy (non-hydrogen) atoms.